The zero-order valence-electron chi connectivity index (χ0n) is 13.2. The average molecular weight is 343 g/mol. The summed E-state index contributed by atoms with van der Waals surface area (Å²) in [4.78, 5) is 11.9. The SMILES string of the molecule is CC(C)(C)OC(=O)Nc1cc(C(F)(F)F)ccc1-c1oncc1N. The van der Waals surface area contributed by atoms with Crippen LogP contribution in [0.5, 0.6) is 0 Å². The molecule has 6 nitrogen and oxygen atoms in total. The van der Waals surface area contributed by atoms with Crippen LogP contribution in [0, 0.1) is 0 Å². The normalized spacial score (nSPS) is 12.1. The van der Waals surface area contributed by atoms with Crippen LogP contribution < -0.4 is 11.1 Å². The Hall–Kier alpha value is -2.71. The number of ether oxygens (including phenoxy) is 1. The lowest BCUT2D eigenvalue weighted by Gasteiger charge is -2.20. The zero-order valence-corrected chi connectivity index (χ0v) is 13.2. The summed E-state index contributed by atoms with van der Waals surface area (Å²) < 4.78 is 48.8. The molecular weight excluding hydrogens is 327 g/mol. The Morgan fingerprint density at radius 3 is 2.46 bits per heavy atom. The fourth-order valence-corrected chi connectivity index (χ4v) is 1.89. The maximum absolute atomic E-state index is 12.9. The minimum Gasteiger partial charge on any atom is -0.444 e. The number of hydrogen-bond acceptors (Lipinski definition) is 5. The number of alkyl halides is 3. The third-order valence-electron chi connectivity index (χ3n) is 2.83. The fraction of sp³-hybridized carbons (Fsp3) is 0.333. The highest BCUT2D eigenvalue weighted by molar-refractivity contribution is 5.92. The first kappa shape index (κ1) is 17.6. The van der Waals surface area contributed by atoms with Gasteiger partial charge in [-0.2, -0.15) is 13.2 Å². The Morgan fingerprint density at radius 2 is 1.96 bits per heavy atom. The standard InChI is InChI=1S/C15H16F3N3O3/c1-14(2,3)23-13(22)21-11-6-8(15(16,17)18)4-5-9(11)12-10(19)7-20-24-12/h4-7H,19H2,1-3H3,(H,21,22). The van der Waals surface area contributed by atoms with E-state index in [-0.39, 0.29) is 22.7 Å². The molecular formula is C15H16F3N3O3. The van der Waals surface area contributed by atoms with Gasteiger partial charge in [-0.1, -0.05) is 5.16 Å². The maximum Gasteiger partial charge on any atom is 0.416 e. The lowest BCUT2D eigenvalue weighted by atomic mass is 10.1. The van der Waals surface area contributed by atoms with Crippen LogP contribution in [0.25, 0.3) is 11.3 Å². The van der Waals surface area contributed by atoms with Crippen molar-refractivity contribution in [3.63, 3.8) is 0 Å². The second-order valence-electron chi connectivity index (χ2n) is 6.00. The first-order valence-electron chi connectivity index (χ1n) is 6.89. The predicted octanol–water partition coefficient (Wildman–Crippen LogP) is 4.29. The molecule has 0 spiro atoms. The Balaban J connectivity index is 2.45. The van der Waals surface area contributed by atoms with Gasteiger partial charge < -0.3 is 15.0 Å². The van der Waals surface area contributed by atoms with Gasteiger partial charge in [0.25, 0.3) is 0 Å². The molecule has 1 aromatic heterocycles. The van der Waals surface area contributed by atoms with Gasteiger partial charge in [0.2, 0.25) is 0 Å². The lowest BCUT2D eigenvalue weighted by molar-refractivity contribution is -0.137. The zero-order chi connectivity index (χ0) is 18.1. The number of anilines is 2. The van der Waals surface area contributed by atoms with Crippen molar-refractivity contribution in [2.45, 2.75) is 32.5 Å². The third kappa shape index (κ3) is 4.18. The number of nitrogen functional groups attached to an aromatic ring is 1. The van der Waals surface area contributed by atoms with Crippen LogP contribution in [0.4, 0.5) is 29.3 Å². The summed E-state index contributed by atoms with van der Waals surface area (Å²) in [5, 5.41) is 5.77. The Bertz CT molecular complexity index is 748. The molecule has 24 heavy (non-hydrogen) atoms. The summed E-state index contributed by atoms with van der Waals surface area (Å²) >= 11 is 0. The van der Waals surface area contributed by atoms with Crippen LogP contribution in [-0.2, 0) is 10.9 Å². The van der Waals surface area contributed by atoms with E-state index in [9.17, 15) is 18.0 Å². The van der Waals surface area contributed by atoms with E-state index < -0.39 is 23.4 Å². The topological polar surface area (TPSA) is 90.4 Å². The van der Waals surface area contributed by atoms with Crippen molar-refractivity contribution < 1.29 is 27.2 Å². The van der Waals surface area contributed by atoms with Gasteiger partial charge in [0.15, 0.2) is 5.76 Å². The molecule has 0 aliphatic carbocycles. The molecule has 130 valence electrons. The minimum absolute atomic E-state index is 0.0507. The van der Waals surface area contributed by atoms with Crippen LogP contribution >= 0.6 is 0 Å². The van der Waals surface area contributed by atoms with Crippen LogP contribution in [0.1, 0.15) is 26.3 Å². The second kappa shape index (κ2) is 6.06. The van der Waals surface area contributed by atoms with E-state index in [1.165, 1.54) is 6.20 Å². The van der Waals surface area contributed by atoms with Gasteiger partial charge in [0.05, 0.1) is 17.4 Å². The molecule has 1 aromatic carbocycles. The van der Waals surface area contributed by atoms with Gasteiger partial charge in [-0.15, -0.1) is 0 Å². The number of aromatic nitrogens is 1. The number of rotatable bonds is 2. The summed E-state index contributed by atoms with van der Waals surface area (Å²) in [5.74, 6) is 0.0507. The first-order valence-corrected chi connectivity index (χ1v) is 6.89. The van der Waals surface area contributed by atoms with Crippen LogP contribution in [0.3, 0.4) is 0 Å². The molecule has 0 unspecified atom stereocenters. The number of nitrogens with one attached hydrogen (secondary N) is 1. The van der Waals surface area contributed by atoms with Gasteiger partial charge >= 0.3 is 12.3 Å². The number of amides is 1. The highest BCUT2D eigenvalue weighted by Crippen LogP contribution is 2.37. The Kier molecular flexibility index (Phi) is 4.46. The smallest absolute Gasteiger partial charge is 0.416 e. The molecule has 0 aliphatic rings. The quantitative estimate of drug-likeness (QED) is 0.849. The number of hydrogen-bond donors (Lipinski definition) is 2. The summed E-state index contributed by atoms with van der Waals surface area (Å²) in [6, 6.07) is 2.78. The van der Waals surface area contributed by atoms with E-state index in [1.807, 2.05) is 0 Å². The molecule has 0 aliphatic heterocycles. The van der Waals surface area contributed by atoms with Gasteiger partial charge in [-0.25, -0.2) is 4.79 Å². The van der Waals surface area contributed by atoms with Crippen LogP contribution in [0.15, 0.2) is 28.9 Å². The van der Waals surface area contributed by atoms with Crippen LogP contribution in [-0.4, -0.2) is 16.9 Å². The Labute approximate surface area is 135 Å². The molecule has 2 aromatic rings. The van der Waals surface area contributed by atoms with Gasteiger partial charge in [-0.05, 0) is 39.0 Å². The molecule has 3 N–H and O–H groups in total. The molecule has 0 saturated heterocycles. The highest BCUT2D eigenvalue weighted by atomic mass is 19.4. The van der Waals surface area contributed by atoms with Crippen LogP contribution in [0.2, 0.25) is 0 Å². The van der Waals surface area contributed by atoms with E-state index in [0.717, 1.165) is 18.2 Å². The van der Waals surface area contributed by atoms with E-state index in [2.05, 4.69) is 10.5 Å². The summed E-state index contributed by atoms with van der Waals surface area (Å²) in [5.41, 5.74) is 4.07. The molecule has 0 atom stereocenters. The Morgan fingerprint density at radius 1 is 1.29 bits per heavy atom. The number of halogens is 3. The van der Waals surface area contributed by atoms with Gasteiger partial charge in [0, 0.05) is 5.56 Å². The molecule has 0 fully saturated rings. The molecule has 1 amide bonds. The van der Waals surface area contributed by atoms with E-state index in [1.54, 1.807) is 20.8 Å². The number of benzene rings is 1. The average Bonchev–Trinajstić information content (AvgIpc) is 2.81. The fourth-order valence-electron chi connectivity index (χ4n) is 1.89. The molecule has 0 radical (unpaired) electrons. The number of nitrogens with two attached hydrogens (primary N) is 1. The summed E-state index contributed by atoms with van der Waals surface area (Å²) in [6.45, 7) is 4.90. The minimum atomic E-state index is -4.57. The maximum atomic E-state index is 12.9. The van der Waals surface area contributed by atoms with E-state index in [4.69, 9.17) is 15.0 Å². The van der Waals surface area contributed by atoms with Crippen molar-refractivity contribution in [3.05, 3.63) is 30.0 Å². The van der Waals surface area contributed by atoms with Crippen molar-refractivity contribution in [1.82, 2.24) is 5.16 Å². The van der Waals surface area contributed by atoms with Gasteiger partial charge in [0.1, 0.15) is 11.3 Å². The first-order chi connectivity index (χ1) is 11.0. The van der Waals surface area contributed by atoms with Crippen molar-refractivity contribution in [3.8, 4) is 11.3 Å². The molecule has 1 heterocycles. The van der Waals surface area contributed by atoms with Crippen molar-refractivity contribution in [2.75, 3.05) is 11.1 Å². The predicted molar refractivity (Wildman–Crippen MR) is 81.2 cm³/mol. The van der Waals surface area contributed by atoms with E-state index >= 15 is 0 Å². The summed E-state index contributed by atoms with van der Waals surface area (Å²) in [7, 11) is 0. The molecule has 9 heteroatoms. The van der Waals surface area contributed by atoms with Crippen molar-refractivity contribution in [1.29, 1.82) is 0 Å². The number of nitrogens with zero attached hydrogens (tertiary/aromatic N) is 1. The third-order valence-corrected chi connectivity index (χ3v) is 2.83. The highest BCUT2D eigenvalue weighted by Gasteiger charge is 2.32. The molecule has 2 rings (SSSR count). The summed E-state index contributed by atoms with van der Waals surface area (Å²) in [6.07, 6.45) is -4.26. The van der Waals surface area contributed by atoms with Crippen molar-refractivity contribution in [2.24, 2.45) is 0 Å². The van der Waals surface area contributed by atoms with Crippen molar-refractivity contribution >= 4 is 17.5 Å². The van der Waals surface area contributed by atoms with E-state index in [0.29, 0.717) is 0 Å². The molecule has 0 saturated carbocycles. The van der Waals surface area contributed by atoms with Gasteiger partial charge in [-0.3, -0.25) is 5.32 Å². The second-order valence-corrected chi connectivity index (χ2v) is 6.00. The largest absolute Gasteiger partial charge is 0.444 e. The monoisotopic (exact) mass is 343 g/mol. The number of carbonyl (C=O) groups excluding carboxylic acids is 1. The lowest BCUT2D eigenvalue weighted by Crippen LogP contribution is -2.27. The number of carbonyl (C=O) groups is 1. The molecule has 0 bridgehead atoms.